The normalized spacial score (nSPS) is 17.2. The molecule has 2 aromatic carbocycles. The van der Waals surface area contributed by atoms with Gasteiger partial charge in [-0.1, -0.05) is 17.7 Å². The standard InChI is InChI=1S/C20H23ClN2O5S/c1-13-6-8-15(27-2)12-19(13)29(25,26)23-10-4-5-17(23)20(24)22-16-11-14(21)7-9-18(16)28-3/h6-9,11-12,17H,4-5,10H2,1-3H3,(H,22,24)/t17-/m1/s1. The van der Waals surface area contributed by atoms with Gasteiger partial charge in [0.15, 0.2) is 0 Å². The van der Waals surface area contributed by atoms with Gasteiger partial charge in [0.25, 0.3) is 0 Å². The van der Waals surface area contributed by atoms with Crippen LogP contribution in [-0.2, 0) is 14.8 Å². The minimum absolute atomic E-state index is 0.136. The predicted molar refractivity (Wildman–Crippen MR) is 111 cm³/mol. The first-order valence-electron chi connectivity index (χ1n) is 9.09. The largest absolute Gasteiger partial charge is 0.497 e. The van der Waals surface area contributed by atoms with Crippen LogP contribution in [-0.4, -0.2) is 45.4 Å². The Morgan fingerprint density at radius 3 is 2.62 bits per heavy atom. The van der Waals surface area contributed by atoms with Crippen molar-refractivity contribution in [3.05, 3.63) is 47.0 Å². The molecule has 9 heteroatoms. The zero-order chi connectivity index (χ0) is 21.2. The molecule has 1 atom stereocenters. The summed E-state index contributed by atoms with van der Waals surface area (Å²) in [4.78, 5) is 13.1. The number of anilines is 1. The van der Waals surface area contributed by atoms with E-state index in [1.807, 2.05) is 0 Å². The van der Waals surface area contributed by atoms with E-state index in [-0.39, 0.29) is 11.4 Å². The van der Waals surface area contributed by atoms with E-state index in [4.69, 9.17) is 21.1 Å². The second-order valence-electron chi connectivity index (χ2n) is 6.74. The Morgan fingerprint density at radius 1 is 1.17 bits per heavy atom. The van der Waals surface area contributed by atoms with E-state index in [9.17, 15) is 13.2 Å². The monoisotopic (exact) mass is 438 g/mol. The van der Waals surface area contributed by atoms with Crippen LogP contribution in [0.15, 0.2) is 41.3 Å². The van der Waals surface area contributed by atoms with E-state index in [1.54, 1.807) is 37.3 Å². The van der Waals surface area contributed by atoms with Crippen molar-refractivity contribution < 1.29 is 22.7 Å². The van der Waals surface area contributed by atoms with Gasteiger partial charge in [-0.25, -0.2) is 8.42 Å². The van der Waals surface area contributed by atoms with E-state index in [1.165, 1.54) is 24.6 Å². The molecule has 0 aliphatic carbocycles. The molecule has 1 aliphatic heterocycles. The number of hydrogen-bond donors (Lipinski definition) is 1. The molecule has 7 nitrogen and oxygen atoms in total. The Morgan fingerprint density at radius 2 is 1.93 bits per heavy atom. The van der Waals surface area contributed by atoms with E-state index < -0.39 is 22.0 Å². The molecule has 3 rings (SSSR count). The van der Waals surface area contributed by atoms with Crippen molar-refractivity contribution in [2.24, 2.45) is 0 Å². The summed E-state index contributed by atoms with van der Waals surface area (Å²) in [5.74, 6) is 0.462. The van der Waals surface area contributed by atoms with Crippen LogP contribution in [0.3, 0.4) is 0 Å². The second kappa shape index (κ2) is 8.61. The summed E-state index contributed by atoms with van der Waals surface area (Å²) in [5.41, 5.74) is 0.986. The Balaban J connectivity index is 1.90. The molecule has 2 aromatic rings. The SMILES string of the molecule is COc1ccc(C)c(S(=O)(=O)N2CCC[C@@H]2C(=O)Nc2cc(Cl)ccc2OC)c1. The van der Waals surface area contributed by atoms with Crippen LogP contribution < -0.4 is 14.8 Å². The highest BCUT2D eigenvalue weighted by atomic mass is 35.5. The van der Waals surface area contributed by atoms with Crippen LogP contribution in [0.4, 0.5) is 5.69 Å². The number of aryl methyl sites for hydroxylation is 1. The first kappa shape index (κ1) is 21.4. The summed E-state index contributed by atoms with van der Waals surface area (Å²) in [6.45, 7) is 1.98. The third kappa shape index (κ3) is 4.34. The van der Waals surface area contributed by atoms with Gasteiger partial charge in [0.2, 0.25) is 15.9 Å². The maximum Gasteiger partial charge on any atom is 0.244 e. The molecule has 0 aromatic heterocycles. The average Bonchev–Trinajstić information content (AvgIpc) is 3.19. The number of carbonyl (C=O) groups is 1. The lowest BCUT2D eigenvalue weighted by molar-refractivity contribution is -0.119. The molecule has 0 saturated carbocycles. The number of benzene rings is 2. The van der Waals surface area contributed by atoms with E-state index in [0.29, 0.717) is 40.6 Å². The number of carbonyl (C=O) groups excluding carboxylic acids is 1. The molecule has 1 heterocycles. The smallest absolute Gasteiger partial charge is 0.244 e. The van der Waals surface area contributed by atoms with Crippen molar-refractivity contribution in [3.8, 4) is 11.5 Å². The molecule has 1 fully saturated rings. The molecule has 0 unspecified atom stereocenters. The summed E-state index contributed by atoms with van der Waals surface area (Å²) >= 11 is 6.02. The molecule has 0 spiro atoms. The third-order valence-electron chi connectivity index (χ3n) is 4.91. The molecule has 156 valence electrons. The molecular weight excluding hydrogens is 416 g/mol. The van der Waals surface area contributed by atoms with Crippen molar-refractivity contribution in [2.75, 3.05) is 26.1 Å². The Bertz CT molecular complexity index is 1030. The van der Waals surface area contributed by atoms with Crippen molar-refractivity contribution >= 4 is 33.2 Å². The summed E-state index contributed by atoms with van der Waals surface area (Å²) < 4.78 is 38.3. The number of amides is 1. The lowest BCUT2D eigenvalue weighted by Gasteiger charge is -2.24. The summed E-state index contributed by atoms with van der Waals surface area (Å²) in [6, 6.07) is 8.90. The first-order valence-corrected chi connectivity index (χ1v) is 10.9. The van der Waals surface area contributed by atoms with Crippen molar-refractivity contribution in [2.45, 2.75) is 30.7 Å². The lowest BCUT2D eigenvalue weighted by atomic mass is 10.2. The topological polar surface area (TPSA) is 84.9 Å². The Labute approximate surface area is 175 Å². The molecule has 1 amide bonds. The predicted octanol–water partition coefficient (Wildman–Crippen LogP) is 3.46. The van der Waals surface area contributed by atoms with Crippen LogP contribution >= 0.6 is 11.6 Å². The lowest BCUT2D eigenvalue weighted by Crippen LogP contribution is -2.43. The third-order valence-corrected chi connectivity index (χ3v) is 7.19. The zero-order valence-electron chi connectivity index (χ0n) is 16.4. The van der Waals surface area contributed by atoms with Crippen LogP contribution in [0.25, 0.3) is 0 Å². The Kier molecular flexibility index (Phi) is 6.36. The van der Waals surface area contributed by atoms with E-state index in [2.05, 4.69) is 5.32 Å². The number of sulfonamides is 1. The molecule has 1 N–H and O–H groups in total. The fourth-order valence-corrected chi connectivity index (χ4v) is 5.47. The quantitative estimate of drug-likeness (QED) is 0.746. The summed E-state index contributed by atoms with van der Waals surface area (Å²) in [7, 11) is -0.916. The molecule has 1 aliphatic rings. The van der Waals surface area contributed by atoms with Crippen LogP contribution in [0.2, 0.25) is 5.02 Å². The van der Waals surface area contributed by atoms with Gasteiger partial charge in [-0.3, -0.25) is 4.79 Å². The van der Waals surface area contributed by atoms with Gasteiger partial charge in [0, 0.05) is 17.6 Å². The summed E-state index contributed by atoms with van der Waals surface area (Å²) in [5, 5.41) is 3.19. The minimum atomic E-state index is -3.88. The molecule has 0 radical (unpaired) electrons. The van der Waals surface area contributed by atoms with Crippen LogP contribution in [0.1, 0.15) is 18.4 Å². The molecular formula is C20H23ClN2O5S. The minimum Gasteiger partial charge on any atom is -0.497 e. The molecule has 1 saturated heterocycles. The van der Waals surface area contributed by atoms with E-state index >= 15 is 0 Å². The van der Waals surface area contributed by atoms with Crippen LogP contribution in [0, 0.1) is 6.92 Å². The maximum absolute atomic E-state index is 13.3. The second-order valence-corrected chi connectivity index (χ2v) is 9.03. The van der Waals surface area contributed by atoms with Gasteiger partial charge in [0.05, 0.1) is 24.8 Å². The van der Waals surface area contributed by atoms with Gasteiger partial charge in [-0.15, -0.1) is 0 Å². The molecule has 29 heavy (non-hydrogen) atoms. The number of halogens is 1. The zero-order valence-corrected chi connectivity index (χ0v) is 18.0. The fraction of sp³-hybridized carbons (Fsp3) is 0.350. The van der Waals surface area contributed by atoms with Gasteiger partial charge >= 0.3 is 0 Å². The number of ether oxygens (including phenoxy) is 2. The highest BCUT2D eigenvalue weighted by molar-refractivity contribution is 7.89. The number of rotatable bonds is 6. The maximum atomic E-state index is 13.3. The number of methoxy groups -OCH3 is 2. The van der Waals surface area contributed by atoms with Gasteiger partial charge in [-0.05, 0) is 49.6 Å². The first-order chi connectivity index (χ1) is 13.8. The highest BCUT2D eigenvalue weighted by Crippen LogP contribution is 2.32. The number of nitrogens with one attached hydrogen (secondary N) is 1. The number of hydrogen-bond acceptors (Lipinski definition) is 5. The summed E-state index contributed by atoms with van der Waals surface area (Å²) in [6.07, 6.45) is 1.02. The van der Waals surface area contributed by atoms with Crippen molar-refractivity contribution in [3.63, 3.8) is 0 Å². The van der Waals surface area contributed by atoms with Gasteiger partial charge in [0.1, 0.15) is 17.5 Å². The Hall–Kier alpha value is -2.29. The number of nitrogens with zero attached hydrogens (tertiary/aromatic N) is 1. The van der Waals surface area contributed by atoms with Crippen molar-refractivity contribution in [1.29, 1.82) is 0 Å². The average molecular weight is 439 g/mol. The highest BCUT2D eigenvalue weighted by Gasteiger charge is 2.40. The fourth-order valence-electron chi connectivity index (χ4n) is 3.40. The van der Waals surface area contributed by atoms with Gasteiger partial charge in [-0.2, -0.15) is 4.31 Å². The van der Waals surface area contributed by atoms with Crippen LogP contribution in [0.5, 0.6) is 11.5 Å². The van der Waals surface area contributed by atoms with E-state index in [0.717, 1.165) is 0 Å². The molecule has 0 bridgehead atoms. The van der Waals surface area contributed by atoms with Gasteiger partial charge < -0.3 is 14.8 Å². The van der Waals surface area contributed by atoms with Crippen molar-refractivity contribution in [1.82, 2.24) is 4.31 Å².